The van der Waals surface area contributed by atoms with Crippen LogP contribution in [0.1, 0.15) is 13.3 Å². The van der Waals surface area contributed by atoms with E-state index in [2.05, 4.69) is 9.57 Å². The summed E-state index contributed by atoms with van der Waals surface area (Å²) in [7, 11) is 1.44. The molecule has 0 saturated heterocycles. The third-order valence-corrected chi connectivity index (χ3v) is 1.66. The summed E-state index contributed by atoms with van der Waals surface area (Å²) in [6.45, 7) is 1.50. The fraction of sp³-hybridized carbons (Fsp3) is 0.667. The Morgan fingerprint density at radius 3 is 2.53 bits per heavy atom. The van der Waals surface area contributed by atoms with Crippen molar-refractivity contribution in [1.82, 2.24) is 10.4 Å². The number of urea groups is 1. The van der Waals surface area contributed by atoms with E-state index in [4.69, 9.17) is 5.11 Å². The Kier molecular flexibility index (Phi) is 7.44. The zero-order valence-electron chi connectivity index (χ0n) is 9.76. The standard InChI is InChI=1S/C9H16N2O6/c1-3-16-8(14)4-5-11(2)9(15)10-17-6-7(12)13/h3-6H2,1-2H3,(H,10,15)(H,12,13). The topological polar surface area (TPSA) is 105 Å². The molecular formula is C9H16N2O6. The average Bonchev–Trinajstić information content (AvgIpc) is 2.25. The van der Waals surface area contributed by atoms with E-state index in [-0.39, 0.29) is 19.6 Å². The summed E-state index contributed by atoms with van der Waals surface area (Å²) < 4.78 is 4.68. The van der Waals surface area contributed by atoms with Crippen molar-refractivity contribution in [2.45, 2.75) is 13.3 Å². The lowest BCUT2D eigenvalue weighted by molar-refractivity contribution is -0.144. The van der Waals surface area contributed by atoms with Gasteiger partial charge in [-0.2, -0.15) is 0 Å². The molecule has 0 aromatic rings. The number of carboxylic acids is 1. The molecule has 0 bridgehead atoms. The summed E-state index contributed by atoms with van der Waals surface area (Å²) in [6, 6.07) is -0.629. The van der Waals surface area contributed by atoms with E-state index in [0.717, 1.165) is 0 Å². The summed E-state index contributed by atoms with van der Waals surface area (Å²) in [6.07, 6.45) is 0.0662. The number of carbonyl (C=O) groups excluding carboxylic acids is 2. The lowest BCUT2D eigenvalue weighted by atomic mass is 10.4. The van der Waals surface area contributed by atoms with E-state index < -0.39 is 24.6 Å². The van der Waals surface area contributed by atoms with Crippen LogP contribution in [0.3, 0.4) is 0 Å². The maximum Gasteiger partial charge on any atom is 0.341 e. The highest BCUT2D eigenvalue weighted by atomic mass is 16.7. The number of nitrogens with zero attached hydrogens (tertiary/aromatic N) is 1. The minimum absolute atomic E-state index is 0.0662. The Balaban J connectivity index is 3.74. The number of esters is 1. The third-order valence-electron chi connectivity index (χ3n) is 1.66. The molecular weight excluding hydrogens is 232 g/mol. The molecule has 0 heterocycles. The van der Waals surface area contributed by atoms with E-state index in [1.54, 1.807) is 6.92 Å². The summed E-state index contributed by atoms with van der Waals surface area (Å²) in [5, 5.41) is 8.25. The maximum absolute atomic E-state index is 11.2. The van der Waals surface area contributed by atoms with E-state index in [1.165, 1.54) is 11.9 Å². The molecule has 0 aliphatic heterocycles. The van der Waals surface area contributed by atoms with Crippen LogP contribution < -0.4 is 5.48 Å². The minimum atomic E-state index is -1.19. The number of carbonyl (C=O) groups is 3. The first-order valence-electron chi connectivity index (χ1n) is 4.97. The van der Waals surface area contributed by atoms with Crippen molar-refractivity contribution >= 4 is 18.0 Å². The molecule has 2 amide bonds. The Morgan fingerprint density at radius 1 is 1.35 bits per heavy atom. The summed E-state index contributed by atoms with van der Waals surface area (Å²) >= 11 is 0. The number of amides is 2. The van der Waals surface area contributed by atoms with Crippen molar-refractivity contribution in [2.75, 3.05) is 26.8 Å². The number of carboxylic acid groups (broad SMARTS) is 1. The molecule has 0 aliphatic carbocycles. The van der Waals surface area contributed by atoms with Gasteiger partial charge < -0.3 is 14.7 Å². The molecule has 0 fully saturated rings. The molecule has 0 rings (SSSR count). The molecule has 0 spiro atoms. The fourth-order valence-corrected chi connectivity index (χ4v) is 0.831. The van der Waals surface area contributed by atoms with Crippen molar-refractivity contribution in [1.29, 1.82) is 0 Å². The summed E-state index contributed by atoms with van der Waals surface area (Å²) in [4.78, 5) is 37.9. The van der Waals surface area contributed by atoms with Crippen molar-refractivity contribution in [3.63, 3.8) is 0 Å². The molecule has 0 saturated carbocycles. The number of aliphatic carboxylic acids is 1. The molecule has 0 aromatic heterocycles. The smallest absolute Gasteiger partial charge is 0.341 e. The molecule has 0 aliphatic rings. The van der Waals surface area contributed by atoms with Crippen LogP contribution in [0.2, 0.25) is 0 Å². The molecule has 0 radical (unpaired) electrons. The van der Waals surface area contributed by atoms with Crippen LogP contribution in [0.5, 0.6) is 0 Å². The molecule has 0 aromatic carbocycles. The van der Waals surface area contributed by atoms with Gasteiger partial charge in [-0.15, -0.1) is 0 Å². The second-order valence-electron chi connectivity index (χ2n) is 3.07. The van der Waals surface area contributed by atoms with Gasteiger partial charge in [0.05, 0.1) is 13.0 Å². The van der Waals surface area contributed by atoms with Gasteiger partial charge in [0.25, 0.3) is 0 Å². The predicted octanol–water partition coefficient (Wildman–Crippen LogP) is -0.403. The number of hydrogen-bond acceptors (Lipinski definition) is 5. The lowest BCUT2D eigenvalue weighted by Gasteiger charge is -2.16. The van der Waals surface area contributed by atoms with E-state index in [0.29, 0.717) is 0 Å². The Labute approximate surface area is 98.4 Å². The van der Waals surface area contributed by atoms with E-state index in [9.17, 15) is 14.4 Å². The Morgan fingerprint density at radius 2 is 2.00 bits per heavy atom. The largest absolute Gasteiger partial charge is 0.479 e. The predicted molar refractivity (Wildman–Crippen MR) is 56.0 cm³/mol. The van der Waals surface area contributed by atoms with Crippen LogP contribution in [0, 0.1) is 0 Å². The van der Waals surface area contributed by atoms with Crippen LogP contribution in [-0.2, 0) is 19.2 Å². The van der Waals surface area contributed by atoms with E-state index >= 15 is 0 Å². The second kappa shape index (κ2) is 8.34. The number of ether oxygens (including phenoxy) is 1. The molecule has 8 nitrogen and oxygen atoms in total. The van der Waals surface area contributed by atoms with Gasteiger partial charge in [0.15, 0.2) is 6.61 Å². The van der Waals surface area contributed by atoms with Crippen molar-refractivity contribution in [3.05, 3.63) is 0 Å². The minimum Gasteiger partial charge on any atom is -0.479 e. The van der Waals surface area contributed by atoms with E-state index in [1.807, 2.05) is 5.48 Å². The summed E-state index contributed by atoms with van der Waals surface area (Å²) in [5.74, 6) is -1.60. The maximum atomic E-state index is 11.2. The van der Waals surface area contributed by atoms with Gasteiger partial charge in [-0.3, -0.25) is 9.63 Å². The molecule has 0 atom stereocenters. The van der Waals surface area contributed by atoms with Gasteiger partial charge in [0, 0.05) is 13.6 Å². The molecule has 98 valence electrons. The third kappa shape index (κ3) is 8.03. The average molecular weight is 248 g/mol. The van der Waals surface area contributed by atoms with Gasteiger partial charge in [-0.05, 0) is 6.92 Å². The molecule has 17 heavy (non-hydrogen) atoms. The van der Waals surface area contributed by atoms with Crippen molar-refractivity contribution in [3.8, 4) is 0 Å². The zero-order valence-corrected chi connectivity index (χ0v) is 9.76. The first kappa shape index (κ1) is 15.2. The zero-order chi connectivity index (χ0) is 13.3. The van der Waals surface area contributed by atoms with Crippen LogP contribution in [-0.4, -0.2) is 54.8 Å². The first-order chi connectivity index (χ1) is 7.97. The monoisotopic (exact) mass is 248 g/mol. The van der Waals surface area contributed by atoms with Crippen molar-refractivity contribution in [2.24, 2.45) is 0 Å². The van der Waals surface area contributed by atoms with Crippen LogP contribution in [0.4, 0.5) is 4.79 Å². The quantitative estimate of drug-likeness (QED) is 0.469. The van der Waals surface area contributed by atoms with Gasteiger partial charge in [0.2, 0.25) is 0 Å². The van der Waals surface area contributed by atoms with Crippen LogP contribution in [0.15, 0.2) is 0 Å². The molecule has 2 N–H and O–H groups in total. The fourth-order valence-electron chi connectivity index (χ4n) is 0.831. The van der Waals surface area contributed by atoms with Crippen LogP contribution >= 0.6 is 0 Å². The number of rotatable bonds is 7. The number of hydrogen-bond donors (Lipinski definition) is 2. The number of hydroxylamine groups is 1. The van der Waals surface area contributed by atoms with Crippen LogP contribution in [0.25, 0.3) is 0 Å². The SMILES string of the molecule is CCOC(=O)CCN(C)C(=O)NOCC(=O)O. The van der Waals surface area contributed by atoms with Gasteiger partial charge in [-0.1, -0.05) is 0 Å². The van der Waals surface area contributed by atoms with Crippen molar-refractivity contribution < 1.29 is 29.1 Å². The Hall–Kier alpha value is -1.83. The highest BCUT2D eigenvalue weighted by Crippen LogP contribution is 1.92. The lowest BCUT2D eigenvalue weighted by Crippen LogP contribution is -2.39. The molecule has 0 unspecified atom stereocenters. The van der Waals surface area contributed by atoms with Gasteiger partial charge >= 0.3 is 18.0 Å². The van der Waals surface area contributed by atoms with Gasteiger partial charge in [-0.25, -0.2) is 15.1 Å². The number of nitrogens with one attached hydrogen (secondary N) is 1. The Bertz CT molecular complexity index is 281. The summed E-state index contributed by atoms with van der Waals surface area (Å²) in [5.41, 5.74) is 1.92. The molecule has 8 heteroatoms. The first-order valence-corrected chi connectivity index (χ1v) is 4.97. The normalized spacial score (nSPS) is 9.53. The highest BCUT2D eigenvalue weighted by Gasteiger charge is 2.11. The highest BCUT2D eigenvalue weighted by molar-refractivity contribution is 5.75. The van der Waals surface area contributed by atoms with Gasteiger partial charge in [0.1, 0.15) is 0 Å². The second-order valence-corrected chi connectivity index (χ2v) is 3.07.